The molecule has 148 valence electrons. The predicted molar refractivity (Wildman–Crippen MR) is 111 cm³/mol. The van der Waals surface area contributed by atoms with E-state index in [0.29, 0.717) is 35.2 Å². The van der Waals surface area contributed by atoms with E-state index in [9.17, 15) is 9.59 Å². The number of nitrogens with zero attached hydrogens (tertiary/aromatic N) is 3. The Morgan fingerprint density at radius 1 is 1.21 bits per heavy atom. The van der Waals surface area contributed by atoms with Crippen LogP contribution in [0.5, 0.6) is 0 Å². The Kier molecular flexibility index (Phi) is 5.57. The number of anilines is 1. The monoisotopic (exact) mass is 409 g/mol. The van der Waals surface area contributed by atoms with Crippen molar-refractivity contribution in [1.29, 1.82) is 0 Å². The van der Waals surface area contributed by atoms with Crippen LogP contribution in [0.1, 0.15) is 23.3 Å². The lowest BCUT2D eigenvalue weighted by molar-refractivity contribution is -0.121. The molecule has 7 nitrogen and oxygen atoms in total. The number of carbonyl (C=O) groups is 2. The number of hydrogen-bond acceptors (Lipinski definition) is 4. The largest absolute Gasteiger partial charge is 0.337 e. The van der Waals surface area contributed by atoms with E-state index in [1.165, 1.54) is 0 Å². The number of aromatic amines is 1. The molecule has 1 aromatic carbocycles. The van der Waals surface area contributed by atoms with Crippen LogP contribution in [0.15, 0.2) is 54.9 Å². The van der Waals surface area contributed by atoms with E-state index in [0.717, 1.165) is 18.4 Å². The van der Waals surface area contributed by atoms with Crippen LogP contribution in [0, 0.1) is 5.92 Å². The third-order valence-corrected chi connectivity index (χ3v) is 5.17. The van der Waals surface area contributed by atoms with Crippen LogP contribution in [0.2, 0.25) is 5.02 Å². The summed E-state index contributed by atoms with van der Waals surface area (Å²) in [7, 11) is 0. The van der Waals surface area contributed by atoms with Crippen molar-refractivity contribution in [3.63, 3.8) is 0 Å². The topological polar surface area (TPSA) is 91.0 Å². The molecule has 1 aliphatic rings. The Labute approximate surface area is 173 Å². The second kappa shape index (κ2) is 8.45. The van der Waals surface area contributed by atoms with Crippen LogP contribution < -0.4 is 5.32 Å². The summed E-state index contributed by atoms with van der Waals surface area (Å²) >= 11 is 5.98. The van der Waals surface area contributed by atoms with Crippen molar-refractivity contribution in [3.8, 4) is 11.3 Å². The van der Waals surface area contributed by atoms with Gasteiger partial charge >= 0.3 is 0 Å². The van der Waals surface area contributed by atoms with Crippen LogP contribution >= 0.6 is 11.6 Å². The van der Waals surface area contributed by atoms with E-state index in [-0.39, 0.29) is 17.7 Å². The summed E-state index contributed by atoms with van der Waals surface area (Å²) in [5, 5.41) is 10.5. The number of carbonyl (C=O) groups excluding carboxylic acids is 2. The number of piperidine rings is 1. The average Bonchev–Trinajstić information content (AvgIpc) is 3.24. The fraction of sp³-hybridized carbons (Fsp3) is 0.238. The molecule has 3 aromatic rings. The van der Waals surface area contributed by atoms with E-state index in [4.69, 9.17) is 11.6 Å². The van der Waals surface area contributed by atoms with Crippen molar-refractivity contribution in [2.24, 2.45) is 5.92 Å². The number of benzene rings is 1. The molecule has 1 saturated heterocycles. The Hall–Kier alpha value is -3.19. The molecule has 1 aliphatic heterocycles. The molecule has 1 fully saturated rings. The molecule has 8 heteroatoms. The minimum Gasteiger partial charge on any atom is -0.337 e. The highest BCUT2D eigenvalue weighted by Gasteiger charge is 2.29. The third-order valence-electron chi connectivity index (χ3n) is 4.94. The Balaban J connectivity index is 1.42. The first kappa shape index (κ1) is 19.1. The fourth-order valence-electron chi connectivity index (χ4n) is 3.45. The van der Waals surface area contributed by atoms with Crippen molar-refractivity contribution in [1.82, 2.24) is 20.1 Å². The van der Waals surface area contributed by atoms with E-state index in [1.807, 2.05) is 12.1 Å². The molecule has 0 saturated carbocycles. The minimum absolute atomic E-state index is 0.106. The molecule has 1 unspecified atom stereocenters. The zero-order chi connectivity index (χ0) is 20.2. The number of hydrogen-bond donors (Lipinski definition) is 2. The highest BCUT2D eigenvalue weighted by molar-refractivity contribution is 6.30. The summed E-state index contributed by atoms with van der Waals surface area (Å²) < 4.78 is 0. The second-order valence-corrected chi connectivity index (χ2v) is 7.43. The number of H-pyrrole nitrogens is 1. The summed E-state index contributed by atoms with van der Waals surface area (Å²) in [6, 6.07) is 12.5. The van der Waals surface area contributed by atoms with E-state index >= 15 is 0 Å². The van der Waals surface area contributed by atoms with Gasteiger partial charge in [0.15, 0.2) is 0 Å². The van der Waals surface area contributed by atoms with Gasteiger partial charge in [0, 0.05) is 41.8 Å². The Bertz CT molecular complexity index is 1020. The third kappa shape index (κ3) is 4.46. The van der Waals surface area contributed by atoms with Gasteiger partial charge in [0.25, 0.3) is 5.91 Å². The highest BCUT2D eigenvalue weighted by atomic mass is 35.5. The molecule has 2 amide bonds. The second-order valence-electron chi connectivity index (χ2n) is 7.00. The van der Waals surface area contributed by atoms with Crippen molar-refractivity contribution < 1.29 is 9.59 Å². The van der Waals surface area contributed by atoms with Gasteiger partial charge in [0.2, 0.25) is 5.91 Å². The smallest absolute Gasteiger partial charge is 0.271 e. The van der Waals surface area contributed by atoms with Crippen LogP contribution in [0.3, 0.4) is 0 Å². The molecule has 3 heterocycles. The number of nitrogens with one attached hydrogen (secondary N) is 2. The van der Waals surface area contributed by atoms with Crippen LogP contribution in [-0.4, -0.2) is 45.0 Å². The van der Waals surface area contributed by atoms with Gasteiger partial charge in [-0.05, 0) is 49.2 Å². The molecule has 0 radical (unpaired) electrons. The van der Waals surface area contributed by atoms with Gasteiger partial charge in [0.1, 0.15) is 5.69 Å². The maximum Gasteiger partial charge on any atom is 0.271 e. The lowest BCUT2D eigenvalue weighted by Crippen LogP contribution is -2.43. The number of halogens is 1. The zero-order valence-electron chi connectivity index (χ0n) is 15.6. The van der Waals surface area contributed by atoms with Gasteiger partial charge in [0.05, 0.1) is 11.6 Å². The van der Waals surface area contributed by atoms with Gasteiger partial charge in [-0.15, -0.1) is 0 Å². The summed E-state index contributed by atoms with van der Waals surface area (Å²) in [5.41, 5.74) is 2.55. The number of aromatic nitrogens is 3. The van der Waals surface area contributed by atoms with Gasteiger partial charge in [-0.25, -0.2) is 0 Å². The number of likely N-dealkylation sites (tertiary alicyclic amines) is 1. The van der Waals surface area contributed by atoms with E-state index < -0.39 is 0 Å². The molecule has 0 aliphatic carbocycles. The fourth-order valence-corrected chi connectivity index (χ4v) is 3.64. The van der Waals surface area contributed by atoms with Crippen molar-refractivity contribution >= 4 is 29.1 Å². The van der Waals surface area contributed by atoms with E-state index in [1.54, 1.807) is 47.6 Å². The highest BCUT2D eigenvalue weighted by Crippen LogP contribution is 2.23. The van der Waals surface area contributed by atoms with Gasteiger partial charge in [-0.1, -0.05) is 17.7 Å². The first-order valence-corrected chi connectivity index (χ1v) is 9.79. The quantitative estimate of drug-likeness (QED) is 0.688. The molecule has 2 aromatic heterocycles. The van der Waals surface area contributed by atoms with Crippen molar-refractivity contribution in [2.45, 2.75) is 12.8 Å². The minimum atomic E-state index is -0.271. The lowest BCUT2D eigenvalue weighted by atomic mass is 9.96. The van der Waals surface area contributed by atoms with Gasteiger partial charge < -0.3 is 10.2 Å². The van der Waals surface area contributed by atoms with Gasteiger partial charge in [-0.2, -0.15) is 5.10 Å². The molecule has 4 rings (SSSR count). The van der Waals surface area contributed by atoms with Crippen LogP contribution in [0.25, 0.3) is 11.3 Å². The molecule has 0 spiro atoms. The molecule has 29 heavy (non-hydrogen) atoms. The number of amides is 2. The Morgan fingerprint density at radius 3 is 2.90 bits per heavy atom. The average molecular weight is 410 g/mol. The van der Waals surface area contributed by atoms with Crippen LogP contribution in [-0.2, 0) is 4.79 Å². The zero-order valence-corrected chi connectivity index (χ0v) is 16.4. The lowest BCUT2D eigenvalue weighted by Gasteiger charge is -2.31. The Morgan fingerprint density at radius 2 is 2.10 bits per heavy atom. The van der Waals surface area contributed by atoms with Crippen molar-refractivity contribution in [3.05, 3.63) is 65.6 Å². The molecule has 1 atom stereocenters. The van der Waals surface area contributed by atoms with Crippen molar-refractivity contribution in [2.75, 3.05) is 18.4 Å². The van der Waals surface area contributed by atoms with Gasteiger partial charge in [-0.3, -0.25) is 19.7 Å². The summed E-state index contributed by atoms with van der Waals surface area (Å²) in [4.78, 5) is 31.3. The first-order valence-electron chi connectivity index (χ1n) is 9.41. The number of pyridine rings is 1. The summed E-state index contributed by atoms with van der Waals surface area (Å²) in [6.45, 7) is 0.980. The summed E-state index contributed by atoms with van der Waals surface area (Å²) in [6.07, 6.45) is 4.88. The van der Waals surface area contributed by atoms with E-state index in [2.05, 4.69) is 20.5 Å². The maximum absolute atomic E-state index is 12.9. The van der Waals surface area contributed by atoms with Crippen LogP contribution in [0.4, 0.5) is 5.69 Å². The maximum atomic E-state index is 12.9. The molecular formula is C21H20ClN5O2. The first-order chi connectivity index (χ1) is 14.1. The number of rotatable bonds is 4. The molecular weight excluding hydrogens is 390 g/mol. The molecule has 2 N–H and O–H groups in total. The SMILES string of the molecule is O=C(Nc1cccc(Cl)c1)C1CCCN(C(=O)c2cc(-c3cccnc3)n[nH]2)C1. The normalized spacial score (nSPS) is 16.4. The standard InChI is InChI=1S/C21H20ClN5O2/c22-16-6-1-7-17(10-16)24-20(28)15-5-3-9-27(13-15)21(29)19-11-18(25-26-19)14-4-2-8-23-12-14/h1-2,4,6-8,10-12,15H,3,5,9,13H2,(H,24,28)(H,25,26). The predicted octanol–water partition coefficient (Wildman–Crippen LogP) is 3.62. The molecule has 0 bridgehead atoms. The summed E-state index contributed by atoms with van der Waals surface area (Å²) in [5.74, 6) is -0.536.